The van der Waals surface area contributed by atoms with Crippen molar-refractivity contribution in [1.29, 1.82) is 0 Å². The highest BCUT2D eigenvalue weighted by Gasteiger charge is 2.09. The van der Waals surface area contributed by atoms with E-state index in [1.165, 1.54) is 33.4 Å². The second-order valence-corrected chi connectivity index (χ2v) is 5.18. The maximum atomic E-state index is 6.12. The van der Waals surface area contributed by atoms with Crippen molar-refractivity contribution in [1.82, 2.24) is 0 Å². The number of benzene rings is 1. The van der Waals surface area contributed by atoms with E-state index < -0.39 is 0 Å². The Bertz CT molecular complexity index is 567. The Morgan fingerprint density at radius 2 is 1.83 bits per heavy atom. The van der Waals surface area contributed by atoms with E-state index in [0.29, 0.717) is 0 Å². The van der Waals surface area contributed by atoms with Crippen molar-refractivity contribution in [3.8, 4) is 0 Å². The summed E-state index contributed by atoms with van der Waals surface area (Å²) < 4.78 is 0. The van der Waals surface area contributed by atoms with Gasteiger partial charge < -0.3 is 5.73 Å². The molecule has 0 amide bonds. The van der Waals surface area contributed by atoms with E-state index in [2.05, 4.69) is 58.0 Å². The molecule has 0 fully saturated rings. The predicted octanol–water partition coefficient (Wildman–Crippen LogP) is 4.30. The molecular formula is C17H21N. The van der Waals surface area contributed by atoms with Crippen LogP contribution in [0, 0.1) is 0 Å². The van der Waals surface area contributed by atoms with Crippen LogP contribution in [0.2, 0.25) is 0 Å². The smallest absolute Gasteiger partial charge is 0.0332 e. The average molecular weight is 239 g/mol. The van der Waals surface area contributed by atoms with Gasteiger partial charge in [-0.25, -0.2) is 0 Å². The Morgan fingerprint density at radius 1 is 1.11 bits per heavy atom. The molecule has 1 nitrogen and oxygen atoms in total. The summed E-state index contributed by atoms with van der Waals surface area (Å²) in [4.78, 5) is 0. The Hall–Kier alpha value is -1.76. The van der Waals surface area contributed by atoms with E-state index in [9.17, 15) is 0 Å². The normalized spacial score (nSPS) is 14.2. The molecule has 0 unspecified atom stereocenters. The maximum Gasteiger partial charge on any atom is 0.0332 e. The van der Waals surface area contributed by atoms with Crippen LogP contribution in [0.3, 0.4) is 0 Å². The summed E-state index contributed by atoms with van der Waals surface area (Å²) in [5.41, 5.74) is 14.7. The van der Waals surface area contributed by atoms with Gasteiger partial charge in [-0.1, -0.05) is 29.9 Å². The zero-order chi connectivity index (χ0) is 13.3. The number of hydrogen-bond acceptors (Lipinski definition) is 1. The molecule has 0 bridgehead atoms. The molecule has 2 rings (SSSR count). The summed E-state index contributed by atoms with van der Waals surface area (Å²) >= 11 is 0. The number of fused-ring (bicyclic) bond motifs is 1. The van der Waals surface area contributed by atoms with Crippen LogP contribution in [0.25, 0.3) is 11.6 Å². The van der Waals surface area contributed by atoms with Crippen molar-refractivity contribution >= 4 is 11.6 Å². The highest BCUT2D eigenvalue weighted by Crippen LogP contribution is 2.27. The van der Waals surface area contributed by atoms with Gasteiger partial charge in [0.1, 0.15) is 0 Å². The van der Waals surface area contributed by atoms with Crippen molar-refractivity contribution in [2.45, 2.75) is 34.1 Å². The van der Waals surface area contributed by atoms with E-state index in [-0.39, 0.29) is 0 Å². The van der Waals surface area contributed by atoms with E-state index in [0.717, 1.165) is 12.1 Å². The highest BCUT2D eigenvalue weighted by atomic mass is 14.6. The predicted molar refractivity (Wildman–Crippen MR) is 80.0 cm³/mol. The van der Waals surface area contributed by atoms with Crippen molar-refractivity contribution in [3.05, 3.63) is 57.8 Å². The lowest BCUT2D eigenvalue weighted by molar-refractivity contribution is 1.19. The van der Waals surface area contributed by atoms with Crippen LogP contribution in [0.5, 0.6) is 0 Å². The summed E-state index contributed by atoms with van der Waals surface area (Å²) in [6.45, 7) is 8.35. The molecule has 18 heavy (non-hydrogen) atoms. The summed E-state index contributed by atoms with van der Waals surface area (Å²) in [6.07, 6.45) is 5.48. The van der Waals surface area contributed by atoms with Crippen LogP contribution in [-0.4, -0.2) is 0 Å². The van der Waals surface area contributed by atoms with Crippen LogP contribution in [-0.2, 0) is 6.42 Å². The summed E-state index contributed by atoms with van der Waals surface area (Å²) in [7, 11) is 0. The molecule has 0 saturated heterocycles. The maximum absolute atomic E-state index is 6.12. The number of nitrogens with two attached hydrogens (primary N) is 1. The number of hydrogen-bond donors (Lipinski definition) is 1. The SMILES string of the molecule is CC(C)=C(N)/C(C)=C(\C)c1ccc2c(c1)C=CC2. The van der Waals surface area contributed by atoms with Crippen molar-refractivity contribution < 1.29 is 0 Å². The summed E-state index contributed by atoms with van der Waals surface area (Å²) in [6, 6.07) is 6.68. The second kappa shape index (κ2) is 4.85. The molecule has 0 aliphatic heterocycles. The van der Waals surface area contributed by atoms with Crippen molar-refractivity contribution in [2.75, 3.05) is 0 Å². The van der Waals surface area contributed by atoms with Gasteiger partial charge in [-0.2, -0.15) is 0 Å². The van der Waals surface area contributed by atoms with Gasteiger partial charge in [0.25, 0.3) is 0 Å². The standard InChI is InChI=1S/C17H21N/c1-11(2)17(18)13(4)12(3)15-9-8-14-6-5-7-16(14)10-15/h5,7-10H,6,18H2,1-4H3/b13-12+. The van der Waals surface area contributed by atoms with E-state index >= 15 is 0 Å². The molecule has 0 saturated carbocycles. The Morgan fingerprint density at radius 3 is 2.50 bits per heavy atom. The molecule has 1 heteroatoms. The molecule has 1 aromatic rings. The second-order valence-electron chi connectivity index (χ2n) is 5.18. The van der Waals surface area contributed by atoms with Crippen LogP contribution in [0.1, 0.15) is 44.4 Å². The Kier molecular flexibility index (Phi) is 3.42. The van der Waals surface area contributed by atoms with Crippen molar-refractivity contribution in [3.63, 3.8) is 0 Å². The monoisotopic (exact) mass is 239 g/mol. The Labute approximate surface area is 110 Å². The molecule has 1 aliphatic rings. The minimum absolute atomic E-state index is 0.906. The zero-order valence-electron chi connectivity index (χ0n) is 11.7. The van der Waals surface area contributed by atoms with E-state index in [1.54, 1.807) is 0 Å². The quantitative estimate of drug-likeness (QED) is 0.765. The fraction of sp³-hybridized carbons (Fsp3) is 0.294. The van der Waals surface area contributed by atoms with Gasteiger partial charge in [0.05, 0.1) is 0 Å². The average Bonchev–Trinajstić information content (AvgIpc) is 2.82. The minimum atomic E-state index is 0.906. The van der Waals surface area contributed by atoms with Gasteiger partial charge in [0.2, 0.25) is 0 Å². The lowest BCUT2D eigenvalue weighted by atomic mass is 9.96. The van der Waals surface area contributed by atoms with Gasteiger partial charge >= 0.3 is 0 Å². The van der Waals surface area contributed by atoms with Gasteiger partial charge in [0, 0.05) is 5.70 Å². The van der Waals surface area contributed by atoms with Gasteiger partial charge in [-0.05, 0) is 68.0 Å². The molecular weight excluding hydrogens is 218 g/mol. The fourth-order valence-electron chi connectivity index (χ4n) is 2.28. The third-order valence-corrected chi connectivity index (χ3v) is 3.72. The van der Waals surface area contributed by atoms with E-state index in [4.69, 9.17) is 5.73 Å². The topological polar surface area (TPSA) is 26.0 Å². The first-order valence-corrected chi connectivity index (χ1v) is 6.41. The molecule has 0 radical (unpaired) electrons. The number of allylic oxidation sites excluding steroid dienone is 4. The lowest BCUT2D eigenvalue weighted by Crippen LogP contribution is -2.03. The first kappa shape index (κ1) is 12.7. The first-order valence-electron chi connectivity index (χ1n) is 6.41. The van der Waals surface area contributed by atoms with Gasteiger partial charge in [-0.3, -0.25) is 0 Å². The minimum Gasteiger partial charge on any atom is -0.399 e. The first-order chi connectivity index (χ1) is 8.50. The van der Waals surface area contributed by atoms with Crippen LogP contribution in [0.4, 0.5) is 0 Å². The summed E-state index contributed by atoms with van der Waals surface area (Å²) in [5.74, 6) is 0. The zero-order valence-corrected chi connectivity index (χ0v) is 11.7. The van der Waals surface area contributed by atoms with Crippen LogP contribution < -0.4 is 5.73 Å². The molecule has 0 aromatic heterocycles. The summed E-state index contributed by atoms with van der Waals surface area (Å²) in [5, 5.41) is 0. The molecule has 1 aliphatic carbocycles. The van der Waals surface area contributed by atoms with Crippen LogP contribution >= 0.6 is 0 Å². The number of rotatable bonds is 2. The van der Waals surface area contributed by atoms with Gasteiger partial charge in [-0.15, -0.1) is 0 Å². The Balaban J connectivity index is 2.46. The molecule has 2 N–H and O–H groups in total. The van der Waals surface area contributed by atoms with E-state index in [1.807, 2.05) is 0 Å². The van der Waals surface area contributed by atoms with Crippen molar-refractivity contribution in [2.24, 2.45) is 5.73 Å². The molecule has 0 spiro atoms. The van der Waals surface area contributed by atoms with Crippen LogP contribution in [0.15, 0.2) is 41.1 Å². The van der Waals surface area contributed by atoms with Gasteiger partial charge in [0.15, 0.2) is 0 Å². The molecule has 0 atom stereocenters. The third-order valence-electron chi connectivity index (χ3n) is 3.72. The molecule has 0 heterocycles. The molecule has 94 valence electrons. The largest absolute Gasteiger partial charge is 0.399 e. The fourth-order valence-corrected chi connectivity index (χ4v) is 2.28. The highest BCUT2D eigenvalue weighted by molar-refractivity contribution is 5.74. The molecule has 1 aromatic carbocycles. The third kappa shape index (κ3) is 2.26. The lowest BCUT2D eigenvalue weighted by Gasteiger charge is -2.11.